The Hall–Kier alpha value is -8.81. The van der Waals surface area contributed by atoms with Crippen LogP contribution in [-0.4, -0.2) is 15.0 Å². The van der Waals surface area contributed by atoms with Gasteiger partial charge in [-0.25, -0.2) is 15.0 Å². The minimum Gasteiger partial charge on any atom is -0.457 e. The lowest BCUT2D eigenvalue weighted by molar-refractivity contribution is 0.469. The lowest BCUT2D eigenvalue weighted by Gasteiger charge is -2.10. The van der Waals surface area contributed by atoms with Gasteiger partial charge in [-0.3, -0.25) is 0 Å². The summed E-state index contributed by atoms with van der Waals surface area (Å²) in [4.78, 5) is 14.4. The molecule has 7 nitrogen and oxygen atoms in total. The van der Waals surface area contributed by atoms with Crippen molar-refractivity contribution in [3.05, 3.63) is 258 Å². The first kappa shape index (κ1) is 89.6. The molecule has 0 aliphatic rings. The van der Waals surface area contributed by atoms with Gasteiger partial charge in [-0.2, -0.15) is 0 Å². The highest BCUT2D eigenvalue weighted by Gasteiger charge is 2.13. The molecule has 1 heterocycles. The molecule has 0 saturated carbocycles. The van der Waals surface area contributed by atoms with Crippen LogP contribution in [0.5, 0.6) is 46.0 Å². The summed E-state index contributed by atoms with van der Waals surface area (Å²) in [5.74, 6) is 8.52. The largest absolute Gasteiger partial charge is 0.457 e. The molecule has 0 radical (unpaired) electrons. The third-order valence-electron chi connectivity index (χ3n) is 10.9. The zero-order valence-corrected chi connectivity index (χ0v) is 62.3. The van der Waals surface area contributed by atoms with Crippen molar-refractivity contribution in [3.63, 3.8) is 0 Å². The standard InChI is InChI=1S/C29H23N3O.C20H18O2.C14H14O.11C2H6/c1-20-8-12-22(13-9-20)27-30-28(23-14-10-21(2)11-15-23)32-29(31-27)24-16-18-26(19-17-24)33-25-6-4-3-5-7-25;1-15-3-7-17(8-4-15)21-19-11-13-20(14-12-19)22-18-9-5-16(2)6-10-18;1-11-8-12(2)10-14(9-11)15-13-6-4-3-5-7-13;11*1-2/h3-19H,1-2H3;3-14H,1-2H3;3-10H,1-2H3;11*1-2H3. The Morgan fingerprint density at radius 2 is 0.348 bits per heavy atom. The van der Waals surface area contributed by atoms with Crippen molar-refractivity contribution >= 4 is 0 Å². The van der Waals surface area contributed by atoms with E-state index in [2.05, 4.69) is 71.9 Å². The van der Waals surface area contributed by atoms with Crippen LogP contribution in [0.3, 0.4) is 0 Å². The van der Waals surface area contributed by atoms with Crippen LogP contribution in [0.4, 0.5) is 0 Å². The van der Waals surface area contributed by atoms with Crippen molar-refractivity contribution in [1.29, 1.82) is 0 Å². The summed E-state index contributed by atoms with van der Waals surface area (Å²) in [5.41, 5.74) is 10.1. The molecular formula is C85H121N3O4. The maximum atomic E-state index is 5.92. The summed E-state index contributed by atoms with van der Waals surface area (Å²) < 4.78 is 23.3. The van der Waals surface area contributed by atoms with Crippen LogP contribution >= 0.6 is 0 Å². The van der Waals surface area contributed by atoms with Gasteiger partial charge in [0, 0.05) is 16.7 Å². The Kier molecular flexibility index (Phi) is 58.2. The Morgan fingerprint density at radius 3 is 0.587 bits per heavy atom. The van der Waals surface area contributed by atoms with Gasteiger partial charge < -0.3 is 18.9 Å². The first-order valence-electron chi connectivity index (χ1n) is 34.2. The zero-order valence-electron chi connectivity index (χ0n) is 62.3. The molecule has 92 heavy (non-hydrogen) atoms. The fourth-order valence-electron chi connectivity index (χ4n) is 7.14. The third kappa shape index (κ3) is 36.8. The van der Waals surface area contributed by atoms with Gasteiger partial charge in [0.25, 0.3) is 0 Å². The van der Waals surface area contributed by atoms with Gasteiger partial charge in [0.2, 0.25) is 0 Å². The summed E-state index contributed by atoms with van der Waals surface area (Å²) in [6.45, 7) is 56.4. The lowest BCUT2D eigenvalue weighted by Crippen LogP contribution is -2.00. The third-order valence-corrected chi connectivity index (χ3v) is 10.9. The summed E-state index contributed by atoms with van der Waals surface area (Å²) in [7, 11) is 0. The molecule has 0 aliphatic heterocycles. The van der Waals surface area contributed by atoms with Crippen LogP contribution in [0.25, 0.3) is 34.2 Å². The molecule has 7 heteroatoms. The minimum atomic E-state index is 0.627. The van der Waals surface area contributed by atoms with E-state index in [9.17, 15) is 0 Å². The molecule has 0 saturated heterocycles. The van der Waals surface area contributed by atoms with Crippen molar-refractivity contribution < 1.29 is 18.9 Å². The van der Waals surface area contributed by atoms with Crippen LogP contribution in [0.2, 0.25) is 0 Å². The first-order chi connectivity index (χ1) is 45.1. The van der Waals surface area contributed by atoms with Crippen LogP contribution in [0.15, 0.2) is 224 Å². The van der Waals surface area contributed by atoms with E-state index in [1.165, 1.54) is 33.4 Å². The smallest absolute Gasteiger partial charge is 0.164 e. The zero-order chi connectivity index (χ0) is 70.7. The number of rotatable bonds is 11. The Balaban J connectivity index is -0.000000572. The van der Waals surface area contributed by atoms with Crippen LogP contribution in [0.1, 0.15) is 186 Å². The molecule has 10 aromatic rings. The van der Waals surface area contributed by atoms with E-state index in [0.717, 1.165) is 62.7 Å². The molecule has 500 valence electrons. The van der Waals surface area contributed by atoms with E-state index < -0.39 is 0 Å². The maximum absolute atomic E-state index is 5.92. The number of aryl methyl sites for hydroxylation is 6. The number of benzene rings is 9. The van der Waals surface area contributed by atoms with Gasteiger partial charge in [0.1, 0.15) is 46.0 Å². The van der Waals surface area contributed by atoms with E-state index >= 15 is 0 Å². The monoisotopic (exact) mass is 1250 g/mol. The summed E-state index contributed by atoms with van der Waals surface area (Å²) in [6.07, 6.45) is 0. The first-order valence-corrected chi connectivity index (χ1v) is 34.2. The number of ether oxygens (including phenoxy) is 4. The van der Waals surface area contributed by atoms with E-state index in [1.807, 2.05) is 346 Å². The Morgan fingerprint density at radius 1 is 0.174 bits per heavy atom. The quantitative estimate of drug-likeness (QED) is 0.128. The van der Waals surface area contributed by atoms with Gasteiger partial charge in [-0.1, -0.05) is 290 Å². The second-order valence-electron chi connectivity index (χ2n) is 17.0. The molecule has 0 amide bonds. The molecule has 0 atom stereocenters. The predicted molar refractivity (Wildman–Crippen MR) is 408 cm³/mol. The van der Waals surface area contributed by atoms with Crippen molar-refractivity contribution in [1.82, 2.24) is 15.0 Å². The molecule has 0 bridgehead atoms. The van der Waals surface area contributed by atoms with Gasteiger partial charge in [0.15, 0.2) is 17.5 Å². The number of nitrogens with zero attached hydrogens (tertiary/aromatic N) is 3. The number of aromatic nitrogens is 3. The number of hydrogen-bond acceptors (Lipinski definition) is 7. The van der Waals surface area contributed by atoms with Crippen LogP contribution < -0.4 is 18.9 Å². The van der Waals surface area contributed by atoms with Crippen molar-refractivity contribution in [3.8, 4) is 80.2 Å². The minimum absolute atomic E-state index is 0.627. The van der Waals surface area contributed by atoms with E-state index in [4.69, 9.17) is 33.9 Å². The lowest BCUT2D eigenvalue weighted by atomic mass is 10.1. The molecule has 0 unspecified atom stereocenters. The number of para-hydroxylation sites is 2. The fraction of sp³-hybridized carbons (Fsp3) is 0.329. The highest BCUT2D eigenvalue weighted by molar-refractivity contribution is 5.67. The predicted octanol–water partition coefficient (Wildman–Crippen LogP) is 28.6. The molecule has 10 rings (SSSR count). The summed E-state index contributed by atoms with van der Waals surface area (Å²) in [5, 5.41) is 0. The SMILES string of the molecule is CC.CC.CC.CC.CC.CC.CC.CC.CC.CC.CC.Cc1cc(C)cc(Oc2ccccc2)c1.Cc1ccc(-c2nc(-c3ccc(C)cc3)nc(-c3ccc(Oc4ccccc4)cc3)n2)cc1.Cc1ccc(Oc2ccc(Oc3ccc(C)cc3)cc2)cc1. The summed E-state index contributed by atoms with van der Waals surface area (Å²) >= 11 is 0. The second-order valence-corrected chi connectivity index (χ2v) is 17.0. The fourth-order valence-corrected chi connectivity index (χ4v) is 7.14. The molecule has 0 N–H and O–H groups in total. The normalized spacial score (nSPS) is 8.65. The highest BCUT2D eigenvalue weighted by atomic mass is 16.5. The van der Waals surface area contributed by atoms with Gasteiger partial charge in [0.05, 0.1) is 0 Å². The average molecular weight is 1250 g/mol. The topological polar surface area (TPSA) is 75.6 Å². The Labute approximate surface area is 562 Å². The van der Waals surface area contributed by atoms with Crippen molar-refractivity contribution in [2.24, 2.45) is 0 Å². The average Bonchev–Trinajstić information content (AvgIpc) is 0.849. The molecule has 0 aliphatic carbocycles. The summed E-state index contributed by atoms with van der Waals surface area (Å²) in [6, 6.07) is 73.7. The molecule has 1 aromatic heterocycles. The van der Waals surface area contributed by atoms with Crippen LogP contribution in [0, 0.1) is 41.5 Å². The molecule has 0 spiro atoms. The second kappa shape index (κ2) is 59.8. The van der Waals surface area contributed by atoms with E-state index in [1.54, 1.807) is 0 Å². The van der Waals surface area contributed by atoms with Crippen molar-refractivity contribution in [2.45, 2.75) is 194 Å². The number of hydrogen-bond donors (Lipinski definition) is 0. The van der Waals surface area contributed by atoms with E-state index in [0.29, 0.717) is 17.5 Å². The van der Waals surface area contributed by atoms with Gasteiger partial charge in [-0.05, 0) is 162 Å². The maximum Gasteiger partial charge on any atom is 0.164 e. The van der Waals surface area contributed by atoms with Gasteiger partial charge in [-0.15, -0.1) is 0 Å². The molecular weight excluding hydrogens is 1130 g/mol. The van der Waals surface area contributed by atoms with Crippen LogP contribution in [-0.2, 0) is 0 Å². The highest BCUT2D eigenvalue weighted by Crippen LogP contribution is 2.30. The van der Waals surface area contributed by atoms with Crippen molar-refractivity contribution in [2.75, 3.05) is 0 Å². The molecule has 0 fully saturated rings. The van der Waals surface area contributed by atoms with E-state index in [-0.39, 0.29) is 0 Å². The van der Waals surface area contributed by atoms with Gasteiger partial charge >= 0.3 is 0 Å². The molecule has 9 aromatic carbocycles. The Bertz CT molecular complexity index is 3050.